The van der Waals surface area contributed by atoms with Gasteiger partial charge in [-0.05, 0) is 22.9 Å². The molecule has 0 saturated carbocycles. The smallest absolute Gasteiger partial charge is 0.140 e. The molecule has 1 unspecified atom stereocenters. The molecule has 0 aliphatic rings. The molecular formula is C6H6BrFN2. The second kappa shape index (κ2) is 3.05. The molecule has 10 heavy (non-hydrogen) atoms. The van der Waals surface area contributed by atoms with Gasteiger partial charge >= 0.3 is 0 Å². The van der Waals surface area contributed by atoms with E-state index in [1.807, 2.05) is 0 Å². The van der Waals surface area contributed by atoms with Gasteiger partial charge in [-0.2, -0.15) is 0 Å². The minimum absolute atomic E-state index is 0.398. The molecule has 0 aliphatic carbocycles. The summed E-state index contributed by atoms with van der Waals surface area (Å²) in [7, 11) is 0. The van der Waals surface area contributed by atoms with Crippen molar-refractivity contribution in [3.8, 4) is 0 Å². The van der Waals surface area contributed by atoms with Crippen LogP contribution in [0.2, 0.25) is 0 Å². The van der Waals surface area contributed by atoms with E-state index in [9.17, 15) is 4.39 Å². The minimum Gasteiger partial charge on any atom is -0.244 e. The molecule has 1 heterocycles. The maximum atomic E-state index is 12.6. The number of hydrogen-bond acceptors (Lipinski definition) is 2. The fraction of sp³-hybridized carbons (Fsp3) is 0.333. The zero-order valence-corrected chi connectivity index (χ0v) is 6.97. The summed E-state index contributed by atoms with van der Waals surface area (Å²) in [6.07, 6.45) is 1.81. The van der Waals surface area contributed by atoms with Crippen molar-refractivity contribution in [2.75, 3.05) is 0 Å². The van der Waals surface area contributed by atoms with Crippen molar-refractivity contribution in [2.24, 2.45) is 0 Å². The third kappa shape index (κ3) is 1.50. The van der Waals surface area contributed by atoms with Gasteiger partial charge in [0.1, 0.15) is 12.5 Å². The molecule has 1 aromatic heterocycles. The van der Waals surface area contributed by atoms with E-state index in [-0.39, 0.29) is 0 Å². The van der Waals surface area contributed by atoms with Gasteiger partial charge in [0.05, 0.1) is 10.2 Å². The molecule has 0 bridgehead atoms. The van der Waals surface area contributed by atoms with Crippen LogP contribution in [0, 0.1) is 0 Å². The van der Waals surface area contributed by atoms with Crippen LogP contribution in [0.3, 0.4) is 0 Å². The largest absolute Gasteiger partial charge is 0.244 e. The number of rotatable bonds is 1. The van der Waals surface area contributed by atoms with Crippen molar-refractivity contribution in [2.45, 2.75) is 13.1 Å². The summed E-state index contributed by atoms with van der Waals surface area (Å²) in [4.78, 5) is 7.45. The topological polar surface area (TPSA) is 25.8 Å². The summed E-state index contributed by atoms with van der Waals surface area (Å²) in [5.41, 5.74) is 0.398. The molecule has 0 saturated heterocycles. The van der Waals surface area contributed by atoms with Crippen LogP contribution in [0.15, 0.2) is 17.0 Å². The van der Waals surface area contributed by atoms with Crippen molar-refractivity contribution >= 4 is 15.9 Å². The Kier molecular flexibility index (Phi) is 2.32. The molecule has 1 rings (SSSR count). The first-order chi connectivity index (χ1) is 4.72. The number of nitrogens with zero attached hydrogens (tertiary/aromatic N) is 2. The Hall–Kier alpha value is -0.510. The summed E-state index contributed by atoms with van der Waals surface area (Å²) in [5.74, 6) is 0. The van der Waals surface area contributed by atoms with Gasteiger partial charge in [-0.15, -0.1) is 0 Å². The number of halogens is 2. The normalized spacial score (nSPS) is 13.1. The van der Waals surface area contributed by atoms with E-state index in [0.717, 1.165) is 0 Å². The molecule has 0 aromatic carbocycles. The van der Waals surface area contributed by atoms with Crippen molar-refractivity contribution in [3.05, 3.63) is 22.7 Å². The highest BCUT2D eigenvalue weighted by atomic mass is 79.9. The van der Waals surface area contributed by atoms with E-state index in [4.69, 9.17) is 0 Å². The highest BCUT2D eigenvalue weighted by Crippen LogP contribution is 2.21. The quantitative estimate of drug-likeness (QED) is 0.702. The van der Waals surface area contributed by atoms with Gasteiger partial charge in [-0.25, -0.2) is 14.4 Å². The lowest BCUT2D eigenvalue weighted by atomic mass is 10.3. The highest BCUT2D eigenvalue weighted by Gasteiger charge is 2.07. The molecule has 0 N–H and O–H groups in total. The summed E-state index contributed by atoms with van der Waals surface area (Å²) >= 11 is 3.13. The van der Waals surface area contributed by atoms with Gasteiger partial charge < -0.3 is 0 Å². The molecule has 0 spiro atoms. The van der Waals surface area contributed by atoms with Crippen LogP contribution in [0.5, 0.6) is 0 Å². The SMILES string of the molecule is CC(F)c1ncncc1Br. The predicted molar refractivity (Wildman–Crippen MR) is 39.3 cm³/mol. The highest BCUT2D eigenvalue weighted by molar-refractivity contribution is 9.10. The molecule has 2 nitrogen and oxygen atoms in total. The zero-order chi connectivity index (χ0) is 7.56. The third-order valence-electron chi connectivity index (χ3n) is 1.07. The van der Waals surface area contributed by atoms with E-state index in [1.165, 1.54) is 19.4 Å². The minimum atomic E-state index is -1.04. The van der Waals surface area contributed by atoms with Gasteiger partial charge in [0.2, 0.25) is 0 Å². The van der Waals surface area contributed by atoms with Crippen LogP contribution in [0.4, 0.5) is 4.39 Å². The van der Waals surface area contributed by atoms with Crippen LogP contribution < -0.4 is 0 Å². The first kappa shape index (κ1) is 7.60. The van der Waals surface area contributed by atoms with Gasteiger partial charge in [0.15, 0.2) is 0 Å². The molecule has 0 aliphatic heterocycles. The van der Waals surface area contributed by atoms with Crippen LogP contribution in [0.1, 0.15) is 18.8 Å². The molecule has 1 aromatic rings. The van der Waals surface area contributed by atoms with Crippen LogP contribution >= 0.6 is 15.9 Å². The van der Waals surface area contributed by atoms with Crippen LogP contribution in [-0.2, 0) is 0 Å². The lowest BCUT2D eigenvalue weighted by Gasteiger charge is -2.00. The van der Waals surface area contributed by atoms with Crippen molar-refractivity contribution in [1.29, 1.82) is 0 Å². The summed E-state index contributed by atoms with van der Waals surface area (Å²) < 4.78 is 13.2. The first-order valence-corrected chi connectivity index (χ1v) is 3.60. The summed E-state index contributed by atoms with van der Waals surface area (Å²) in [6.45, 7) is 1.44. The molecule has 4 heteroatoms. The predicted octanol–water partition coefficient (Wildman–Crippen LogP) is 2.27. The lowest BCUT2D eigenvalue weighted by Crippen LogP contribution is -1.92. The third-order valence-corrected chi connectivity index (χ3v) is 1.68. The van der Waals surface area contributed by atoms with Gasteiger partial charge in [-0.3, -0.25) is 0 Å². The van der Waals surface area contributed by atoms with E-state index in [1.54, 1.807) is 0 Å². The summed E-state index contributed by atoms with van der Waals surface area (Å²) in [6, 6.07) is 0. The first-order valence-electron chi connectivity index (χ1n) is 2.81. The molecular weight excluding hydrogens is 199 g/mol. The van der Waals surface area contributed by atoms with Crippen LogP contribution in [0.25, 0.3) is 0 Å². The van der Waals surface area contributed by atoms with E-state index >= 15 is 0 Å². The van der Waals surface area contributed by atoms with E-state index < -0.39 is 6.17 Å². The standard InChI is InChI=1S/C6H6BrFN2/c1-4(8)6-5(7)2-9-3-10-6/h2-4H,1H3. The average Bonchev–Trinajstić information content (AvgIpc) is 1.88. The van der Waals surface area contributed by atoms with Gasteiger partial charge in [0.25, 0.3) is 0 Å². The van der Waals surface area contributed by atoms with E-state index in [2.05, 4.69) is 25.9 Å². The second-order valence-corrected chi connectivity index (χ2v) is 2.73. The molecule has 54 valence electrons. The summed E-state index contributed by atoms with van der Waals surface area (Å²) in [5, 5.41) is 0. The number of hydrogen-bond donors (Lipinski definition) is 0. The van der Waals surface area contributed by atoms with Crippen LogP contribution in [-0.4, -0.2) is 9.97 Å². The fourth-order valence-electron chi connectivity index (χ4n) is 0.615. The van der Waals surface area contributed by atoms with Crippen molar-refractivity contribution in [3.63, 3.8) is 0 Å². The van der Waals surface area contributed by atoms with E-state index in [0.29, 0.717) is 10.2 Å². The molecule has 1 atom stereocenters. The fourth-order valence-corrected chi connectivity index (χ4v) is 1.15. The maximum Gasteiger partial charge on any atom is 0.140 e. The Balaban J connectivity index is 3.03. The molecule has 0 radical (unpaired) electrons. The van der Waals surface area contributed by atoms with Gasteiger partial charge in [-0.1, -0.05) is 0 Å². The monoisotopic (exact) mass is 204 g/mol. The number of alkyl halides is 1. The maximum absolute atomic E-state index is 12.6. The average molecular weight is 205 g/mol. The Labute approximate surface area is 66.6 Å². The Morgan fingerprint density at radius 3 is 2.80 bits per heavy atom. The van der Waals surface area contributed by atoms with Crippen molar-refractivity contribution < 1.29 is 4.39 Å². The Morgan fingerprint density at radius 2 is 2.40 bits per heavy atom. The van der Waals surface area contributed by atoms with Gasteiger partial charge in [0, 0.05) is 6.20 Å². The Morgan fingerprint density at radius 1 is 1.70 bits per heavy atom. The molecule has 0 fully saturated rings. The second-order valence-electron chi connectivity index (χ2n) is 1.87. The lowest BCUT2D eigenvalue weighted by molar-refractivity contribution is 0.364. The molecule has 0 amide bonds. The van der Waals surface area contributed by atoms with Crippen molar-refractivity contribution in [1.82, 2.24) is 9.97 Å². The Bertz CT molecular complexity index is 227. The number of aromatic nitrogens is 2. The zero-order valence-electron chi connectivity index (χ0n) is 5.38.